The van der Waals surface area contributed by atoms with Crippen molar-refractivity contribution < 1.29 is 5.11 Å². The average Bonchev–Trinajstić information content (AvgIpc) is 2.34. The number of phenols is 1. The van der Waals surface area contributed by atoms with Gasteiger partial charge in [0, 0.05) is 11.1 Å². The Morgan fingerprint density at radius 3 is 2.24 bits per heavy atom. The molecule has 2 nitrogen and oxygen atoms in total. The number of fused-ring (bicyclic) bond motifs is 1. The minimum Gasteiger partial charge on any atom is -0.507 e. The molecule has 0 amide bonds. The first-order chi connectivity index (χ1) is 8.19. The van der Waals surface area contributed by atoms with Crippen LogP contribution in [0.25, 0.3) is 10.8 Å². The van der Waals surface area contributed by atoms with Gasteiger partial charge < -0.3 is 10.8 Å². The van der Waals surface area contributed by atoms with Crippen molar-refractivity contribution in [2.75, 3.05) is 5.73 Å². The van der Waals surface area contributed by atoms with Crippen LogP contribution in [0.15, 0.2) is 36.4 Å². The summed E-state index contributed by atoms with van der Waals surface area (Å²) in [6.45, 7) is 8.25. The van der Waals surface area contributed by atoms with E-state index in [1.165, 1.54) is 6.42 Å². The lowest BCUT2D eigenvalue weighted by Crippen LogP contribution is -1.83. The normalized spacial score (nSPS) is 8.71. The fraction of sp³-hybridized carbons (Fsp3) is 0.333. The third-order valence-electron chi connectivity index (χ3n) is 1.88. The zero-order valence-electron chi connectivity index (χ0n) is 11.2. The fourth-order valence-electron chi connectivity index (χ4n) is 1.27. The molecule has 0 aliphatic rings. The number of hydrogen-bond donors (Lipinski definition) is 2. The molecule has 0 saturated heterocycles. The van der Waals surface area contributed by atoms with Gasteiger partial charge in [-0.15, -0.1) is 0 Å². The van der Waals surface area contributed by atoms with E-state index in [4.69, 9.17) is 5.73 Å². The van der Waals surface area contributed by atoms with Crippen LogP contribution in [0.1, 0.15) is 34.1 Å². The molecule has 2 aromatic rings. The molecule has 94 valence electrons. The average molecular weight is 233 g/mol. The summed E-state index contributed by atoms with van der Waals surface area (Å²) in [4.78, 5) is 0. The summed E-state index contributed by atoms with van der Waals surface area (Å²) in [6.07, 6.45) is 1.25. The van der Waals surface area contributed by atoms with Gasteiger partial charge in [0.15, 0.2) is 0 Å². The molecule has 0 aromatic heterocycles. The molecule has 0 bridgehead atoms. The van der Waals surface area contributed by atoms with E-state index in [-0.39, 0.29) is 5.75 Å². The number of nitrogens with two attached hydrogens (primary N) is 1. The maximum absolute atomic E-state index is 9.44. The Morgan fingerprint density at radius 2 is 1.65 bits per heavy atom. The van der Waals surface area contributed by atoms with Gasteiger partial charge in [-0.3, -0.25) is 0 Å². The van der Waals surface area contributed by atoms with Crippen molar-refractivity contribution in [2.45, 2.75) is 34.1 Å². The Labute approximate surface area is 104 Å². The van der Waals surface area contributed by atoms with E-state index < -0.39 is 0 Å². The number of nitrogen functional groups attached to an aromatic ring is 1. The highest BCUT2D eigenvalue weighted by atomic mass is 16.3. The third-order valence-corrected chi connectivity index (χ3v) is 1.88. The fourth-order valence-corrected chi connectivity index (χ4v) is 1.27. The van der Waals surface area contributed by atoms with Crippen molar-refractivity contribution in [1.29, 1.82) is 0 Å². The highest BCUT2D eigenvalue weighted by Gasteiger charge is 1.97. The molecular weight excluding hydrogens is 210 g/mol. The van der Waals surface area contributed by atoms with Crippen LogP contribution in [0.5, 0.6) is 5.75 Å². The van der Waals surface area contributed by atoms with Gasteiger partial charge >= 0.3 is 0 Å². The van der Waals surface area contributed by atoms with Crippen molar-refractivity contribution >= 4 is 16.5 Å². The van der Waals surface area contributed by atoms with E-state index >= 15 is 0 Å². The Kier molecular flexibility index (Phi) is 7.61. The van der Waals surface area contributed by atoms with Gasteiger partial charge in [0.25, 0.3) is 0 Å². The minimum absolute atomic E-state index is 0.278. The minimum atomic E-state index is 0.278. The first-order valence-corrected chi connectivity index (χ1v) is 6.16. The molecular formula is C15H23NO. The van der Waals surface area contributed by atoms with Crippen molar-refractivity contribution in [3.8, 4) is 5.75 Å². The maximum Gasteiger partial charge on any atom is 0.123 e. The number of hydrogen-bond acceptors (Lipinski definition) is 2. The van der Waals surface area contributed by atoms with Gasteiger partial charge in [0.2, 0.25) is 0 Å². The van der Waals surface area contributed by atoms with E-state index in [9.17, 15) is 5.11 Å². The first-order valence-electron chi connectivity index (χ1n) is 6.16. The molecule has 0 heterocycles. The second kappa shape index (κ2) is 8.45. The molecule has 0 saturated carbocycles. The summed E-state index contributed by atoms with van der Waals surface area (Å²) in [5.41, 5.74) is 6.25. The summed E-state index contributed by atoms with van der Waals surface area (Å²) in [7, 11) is 0. The lowest BCUT2D eigenvalue weighted by atomic mass is 10.1. The SMILES string of the molecule is CC.CCC.Nc1ccc2cccc(O)c2c1. The van der Waals surface area contributed by atoms with E-state index in [0.717, 1.165) is 10.8 Å². The zero-order chi connectivity index (χ0) is 13.3. The first kappa shape index (κ1) is 15.3. The highest BCUT2D eigenvalue weighted by Crippen LogP contribution is 2.25. The van der Waals surface area contributed by atoms with Crippen molar-refractivity contribution in [2.24, 2.45) is 0 Å². The Hall–Kier alpha value is -1.70. The molecule has 2 rings (SSSR count). The number of rotatable bonds is 0. The summed E-state index contributed by atoms with van der Waals surface area (Å²) < 4.78 is 0. The second-order valence-corrected chi connectivity index (χ2v) is 3.46. The second-order valence-electron chi connectivity index (χ2n) is 3.46. The van der Waals surface area contributed by atoms with Gasteiger partial charge in [0.1, 0.15) is 5.75 Å². The quantitative estimate of drug-likeness (QED) is 0.655. The van der Waals surface area contributed by atoms with Gasteiger partial charge in [0.05, 0.1) is 0 Å². The smallest absolute Gasteiger partial charge is 0.123 e. The van der Waals surface area contributed by atoms with Crippen molar-refractivity contribution in [3.63, 3.8) is 0 Å². The molecule has 0 fully saturated rings. The van der Waals surface area contributed by atoms with Crippen LogP contribution in [0.3, 0.4) is 0 Å². The van der Waals surface area contributed by atoms with Gasteiger partial charge in [-0.05, 0) is 23.6 Å². The molecule has 17 heavy (non-hydrogen) atoms. The molecule has 0 spiro atoms. The number of anilines is 1. The lowest BCUT2D eigenvalue weighted by Gasteiger charge is -2.00. The number of aromatic hydroxyl groups is 1. The molecule has 3 N–H and O–H groups in total. The monoisotopic (exact) mass is 233 g/mol. The molecule has 2 heteroatoms. The standard InChI is InChI=1S/C10H9NO.C3H8.C2H6/c11-8-5-4-7-2-1-3-10(12)9(7)6-8;1-3-2;1-2/h1-6,12H,11H2;3H2,1-2H3;1-2H3. The van der Waals surface area contributed by atoms with Crippen LogP contribution in [-0.2, 0) is 0 Å². The van der Waals surface area contributed by atoms with Crippen molar-refractivity contribution in [1.82, 2.24) is 0 Å². The van der Waals surface area contributed by atoms with Crippen LogP contribution in [0, 0.1) is 0 Å². The Bertz CT molecular complexity index is 438. The highest BCUT2D eigenvalue weighted by molar-refractivity contribution is 5.90. The van der Waals surface area contributed by atoms with E-state index in [1.54, 1.807) is 12.1 Å². The Balaban J connectivity index is 0.000000450. The summed E-state index contributed by atoms with van der Waals surface area (Å²) >= 11 is 0. The topological polar surface area (TPSA) is 46.2 Å². The van der Waals surface area contributed by atoms with Crippen LogP contribution in [-0.4, -0.2) is 5.11 Å². The summed E-state index contributed by atoms with van der Waals surface area (Å²) in [6, 6.07) is 10.9. The molecule has 2 aromatic carbocycles. The van der Waals surface area contributed by atoms with Gasteiger partial charge in [-0.25, -0.2) is 0 Å². The summed E-state index contributed by atoms with van der Waals surface area (Å²) in [5.74, 6) is 0.278. The van der Waals surface area contributed by atoms with E-state index in [2.05, 4.69) is 13.8 Å². The third kappa shape index (κ3) is 4.77. The molecule has 0 aliphatic carbocycles. The lowest BCUT2D eigenvalue weighted by molar-refractivity contribution is 0.481. The summed E-state index contributed by atoms with van der Waals surface area (Å²) in [5, 5.41) is 11.2. The number of benzene rings is 2. The van der Waals surface area contributed by atoms with Crippen LogP contribution < -0.4 is 5.73 Å². The number of phenolic OH excluding ortho intramolecular Hbond substituents is 1. The van der Waals surface area contributed by atoms with Gasteiger partial charge in [-0.2, -0.15) is 0 Å². The van der Waals surface area contributed by atoms with E-state index in [0.29, 0.717) is 5.69 Å². The predicted octanol–water partition coefficient (Wildman–Crippen LogP) is 4.57. The predicted molar refractivity (Wildman–Crippen MR) is 77.3 cm³/mol. The zero-order valence-corrected chi connectivity index (χ0v) is 11.2. The Morgan fingerprint density at radius 1 is 1.06 bits per heavy atom. The van der Waals surface area contributed by atoms with E-state index in [1.807, 2.05) is 38.1 Å². The van der Waals surface area contributed by atoms with Gasteiger partial charge in [-0.1, -0.05) is 52.3 Å². The largest absolute Gasteiger partial charge is 0.507 e. The molecule has 0 radical (unpaired) electrons. The molecule has 0 aliphatic heterocycles. The van der Waals surface area contributed by atoms with Crippen LogP contribution >= 0.6 is 0 Å². The molecule has 0 unspecified atom stereocenters. The van der Waals surface area contributed by atoms with Crippen LogP contribution in [0.2, 0.25) is 0 Å². The van der Waals surface area contributed by atoms with Crippen LogP contribution in [0.4, 0.5) is 5.69 Å². The van der Waals surface area contributed by atoms with Crippen molar-refractivity contribution in [3.05, 3.63) is 36.4 Å². The molecule has 0 atom stereocenters. The maximum atomic E-state index is 9.44.